The molecule has 0 aliphatic carbocycles. The lowest BCUT2D eigenvalue weighted by atomic mass is 10.2. The van der Waals surface area contributed by atoms with Crippen molar-refractivity contribution in [2.24, 2.45) is 5.73 Å². The molecule has 0 spiro atoms. The summed E-state index contributed by atoms with van der Waals surface area (Å²) in [5.74, 6) is 0.203. The van der Waals surface area contributed by atoms with E-state index in [0.29, 0.717) is 18.7 Å². The third kappa shape index (κ3) is 4.15. The second-order valence-electron chi connectivity index (χ2n) is 4.14. The SMILES string of the molecule is CN(C)CCNc1nc(C(F)(F)F)ccc1CN. The van der Waals surface area contributed by atoms with E-state index in [1.807, 2.05) is 19.0 Å². The van der Waals surface area contributed by atoms with Crippen LogP contribution in [0.4, 0.5) is 19.0 Å². The molecule has 0 atom stereocenters. The number of alkyl halides is 3. The molecule has 0 bridgehead atoms. The number of hydrogen-bond acceptors (Lipinski definition) is 4. The molecule has 0 fully saturated rings. The highest BCUT2D eigenvalue weighted by Gasteiger charge is 2.32. The summed E-state index contributed by atoms with van der Waals surface area (Å²) in [6.45, 7) is 1.35. The van der Waals surface area contributed by atoms with E-state index in [0.717, 1.165) is 6.07 Å². The third-order valence-corrected chi connectivity index (χ3v) is 2.34. The smallest absolute Gasteiger partial charge is 0.369 e. The Balaban J connectivity index is 2.86. The zero-order valence-electron chi connectivity index (χ0n) is 10.4. The van der Waals surface area contributed by atoms with Crippen LogP contribution < -0.4 is 11.1 Å². The van der Waals surface area contributed by atoms with Crippen LogP contribution in [0, 0.1) is 0 Å². The molecule has 7 heteroatoms. The van der Waals surface area contributed by atoms with Crippen LogP contribution in [0.3, 0.4) is 0 Å². The molecular weight excluding hydrogens is 245 g/mol. The number of anilines is 1. The van der Waals surface area contributed by atoms with Gasteiger partial charge in [0.15, 0.2) is 0 Å². The van der Waals surface area contributed by atoms with Crippen molar-refractivity contribution in [3.8, 4) is 0 Å². The number of aromatic nitrogens is 1. The Morgan fingerprint density at radius 2 is 2.00 bits per heavy atom. The molecule has 0 radical (unpaired) electrons. The monoisotopic (exact) mass is 262 g/mol. The lowest BCUT2D eigenvalue weighted by Crippen LogP contribution is -2.22. The maximum absolute atomic E-state index is 12.5. The normalized spacial score (nSPS) is 11.9. The maximum atomic E-state index is 12.5. The van der Waals surface area contributed by atoms with Gasteiger partial charge < -0.3 is 16.0 Å². The van der Waals surface area contributed by atoms with E-state index < -0.39 is 11.9 Å². The second-order valence-corrected chi connectivity index (χ2v) is 4.14. The molecule has 3 N–H and O–H groups in total. The van der Waals surface area contributed by atoms with E-state index in [-0.39, 0.29) is 12.4 Å². The number of halogens is 3. The molecule has 0 aliphatic rings. The Kier molecular flexibility index (Phi) is 4.92. The summed E-state index contributed by atoms with van der Waals surface area (Å²) >= 11 is 0. The van der Waals surface area contributed by atoms with Gasteiger partial charge in [0.1, 0.15) is 11.5 Å². The topological polar surface area (TPSA) is 54.2 Å². The number of likely N-dealkylation sites (N-methyl/N-ethyl adjacent to an activating group) is 1. The maximum Gasteiger partial charge on any atom is 0.433 e. The highest BCUT2D eigenvalue weighted by molar-refractivity contribution is 5.45. The van der Waals surface area contributed by atoms with Crippen LogP contribution in [0.5, 0.6) is 0 Å². The molecule has 0 amide bonds. The summed E-state index contributed by atoms with van der Waals surface area (Å²) < 4.78 is 37.6. The molecule has 0 saturated heterocycles. The van der Waals surface area contributed by atoms with Crippen LogP contribution in [0.2, 0.25) is 0 Å². The van der Waals surface area contributed by atoms with E-state index in [1.54, 1.807) is 0 Å². The van der Waals surface area contributed by atoms with Gasteiger partial charge in [-0.25, -0.2) is 4.98 Å². The highest BCUT2D eigenvalue weighted by Crippen LogP contribution is 2.29. The predicted octanol–water partition coefficient (Wildman–Crippen LogP) is 1.53. The molecule has 1 rings (SSSR count). The van der Waals surface area contributed by atoms with Crippen LogP contribution >= 0.6 is 0 Å². The summed E-state index contributed by atoms with van der Waals surface area (Å²) in [6.07, 6.45) is -4.44. The van der Waals surface area contributed by atoms with Gasteiger partial charge in [-0.05, 0) is 20.2 Å². The molecule has 0 aromatic carbocycles. The zero-order chi connectivity index (χ0) is 13.8. The molecule has 0 aliphatic heterocycles. The van der Waals surface area contributed by atoms with Crippen LogP contribution in [0.1, 0.15) is 11.3 Å². The molecule has 0 unspecified atom stereocenters. The molecule has 18 heavy (non-hydrogen) atoms. The van der Waals surface area contributed by atoms with Crippen LogP contribution in [-0.4, -0.2) is 37.1 Å². The lowest BCUT2D eigenvalue weighted by molar-refractivity contribution is -0.141. The van der Waals surface area contributed by atoms with Crippen molar-refractivity contribution < 1.29 is 13.2 Å². The van der Waals surface area contributed by atoms with Crippen molar-refractivity contribution in [3.63, 3.8) is 0 Å². The van der Waals surface area contributed by atoms with Crippen molar-refractivity contribution in [2.45, 2.75) is 12.7 Å². The van der Waals surface area contributed by atoms with Gasteiger partial charge in [0, 0.05) is 25.2 Å². The summed E-state index contributed by atoms with van der Waals surface area (Å²) in [7, 11) is 3.76. The molecule has 0 saturated carbocycles. The highest BCUT2D eigenvalue weighted by atomic mass is 19.4. The number of nitrogens with one attached hydrogen (secondary N) is 1. The second kappa shape index (κ2) is 6.01. The van der Waals surface area contributed by atoms with Gasteiger partial charge >= 0.3 is 6.18 Å². The molecule has 4 nitrogen and oxygen atoms in total. The Hall–Kier alpha value is -1.34. The first-order valence-electron chi connectivity index (χ1n) is 5.50. The summed E-state index contributed by atoms with van der Waals surface area (Å²) in [4.78, 5) is 5.50. The molecule has 102 valence electrons. The van der Waals surface area contributed by atoms with Crippen molar-refractivity contribution in [1.82, 2.24) is 9.88 Å². The fourth-order valence-corrected chi connectivity index (χ4v) is 1.36. The summed E-state index contributed by atoms with van der Waals surface area (Å²) in [5.41, 5.74) is 5.13. The largest absolute Gasteiger partial charge is 0.433 e. The average molecular weight is 262 g/mol. The van der Waals surface area contributed by atoms with Crippen molar-refractivity contribution in [2.75, 3.05) is 32.5 Å². The quantitative estimate of drug-likeness (QED) is 0.845. The summed E-state index contributed by atoms with van der Waals surface area (Å²) in [6, 6.07) is 2.30. The fraction of sp³-hybridized carbons (Fsp3) is 0.545. The minimum Gasteiger partial charge on any atom is -0.369 e. The van der Waals surface area contributed by atoms with Gasteiger partial charge in [0.2, 0.25) is 0 Å². The number of nitrogens with zero attached hydrogens (tertiary/aromatic N) is 2. The van der Waals surface area contributed by atoms with Gasteiger partial charge in [0.25, 0.3) is 0 Å². The van der Waals surface area contributed by atoms with E-state index >= 15 is 0 Å². The molecular formula is C11H17F3N4. The van der Waals surface area contributed by atoms with E-state index in [4.69, 9.17) is 5.73 Å². The van der Waals surface area contributed by atoms with Crippen LogP contribution in [0.15, 0.2) is 12.1 Å². The first-order chi connectivity index (χ1) is 8.34. The number of pyridine rings is 1. The van der Waals surface area contributed by atoms with Crippen LogP contribution in [0.25, 0.3) is 0 Å². The Labute approximate surface area is 104 Å². The Morgan fingerprint density at radius 3 is 2.50 bits per heavy atom. The molecule has 1 heterocycles. The number of hydrogen-bond donors (Lipinski definition) is 2. The lowest BCUT2D eigenvalue weighted by Gasteiger charge is -2.15. The molecule has 1 aromatic heterocycles. The Bertz CT molecular complexity index is 390. The first-order valence-corrected chi connectivity index (χ1v) is 5.50. The van der Waals surface area contributed by atoms with Gasteiger partial charge in [-0.2, -0.15) is 13.2 Å². The van der Waals surface area contributed by atoms with E-state index in [1.165, 1.54) is 6.07 Å². The predicted molar refractivity (Wildman–Crippen MR) is 64.2 cm³/mol. The minimum absolute atomic E-state index is 0.148. The summed E-state index contributed by atoms with van der Waals surface area (Å²) in [5, 5.41) is 2.88. The minimum atomic E-state index is -4.44. The fourth-order valence-electron chi connectivity index (χ4n) is 1.36. The van der Waals surface area contributed by atoms with E-state index in [9.17, 15) is 13.2 Å². The first kappa shape index (κ1) is 14.7. The van der Waals surface area contributed by atoms with Gasteiger partial charge in [-0.3, -0.25) is 0 Å². The van der Waals surface area contributed by atoms with Gasteiger partial charge in [0.05, 0.1) is 0 Å². The molecule has 1 aromatic rings. The van der Waals surface area contributed by atoms with Crippen molar-refractivity contribution >= 4 is 5.82 Å². The number of rotatable bonds is 5. The van der Waals surface area contributed by atoms with Crippen LogP contribution in [-0.2, 0) is 12.7 Å². The standard InChI is InChI=1S/C11H17F3N4/c1-18(2)6-5-16-10-8(7-15)3-4-9(17-10)11(12,13)14/h3-4H,5-7,15H2,1-2H3,(H,16,17). The van der Waals surface area contributed by atoms with Gasteiger partial charge in [-0.15, -0.1) is 0 Å². The number of nitrogens with two attached hydrogens (primary N) is 1. The average Bonchev–Trinajstić information content (AvgIpc) is 2.27. The zero-order valence-corrected chi connectivity index (χ0v) is 10.4. The van der Waals surface area contributed by atoms with Gasteiger partial charge in [-0.1, -0.05) is 6.07 Å². The third-order valence-electron chi connectivity index (χ3n) is 2.34. The van der Waals surface area contributed by atoms with Crippen molar-refractivity contribution in [3.05, 3.63) is 23.4 Å². The Morgan fingerprint density at radius 1 is 1.33 bits per heavy atom. The van der Waals surface area contributed by atoms with E-state index in [2.05, 4.69) is 10.3 Å². The van der Waals surface area contributed by atoms with Crippen molar-refractivity contribution in [1.29, 1.82) is 0 Å².